The maximum Gasteiger partial charge on any atom is 0.127 e. The van der Waals surface area contributed by atoms with Gasteiger partial charge in [0.25, 0.3) is 0 Å². The highest BCUT2D eigenvalue weighted by Gasteiger charge is 2.10. The Bertz CT molecular complexity index is 287. The van der Waals surface area contributed by atoms with Crippen LogP contribution in [0.4, 0.5) is 0 Å². The van der Waals surface area contributed by atoms with Crippen molar-refractivity contribution < 1.29 is 9.47 Å². The monoisotopic (exact) mass is 308 g/mol. The van der Waals surface area contributed by atoms with Gasteiger partial charge in [-0.1, -0.05) is 31.9 Å². The summed E-state index contributed by atoms with van der Waals surface area (Å²) in [6.07, 6.45) is 0. The van der Waals surface area contributed by atoms with Crippen molar-refractivity contribution in [1.82, 2.24) is 0 Å². The first-order valence-corrected chi connectivity index (χ1v) is 5.52. The van der Waals surface area contributed by atoms with E-state index < -0.39 is 0 Å². The van der Waals surface area contributed by atoms with Gasteiger partial charge >= 0.3 is 0 Å². The highest BCUT2D eigenvalue weighted by Crippen LogP contribution is 2.37. The average Bonchev–Trinajstić information content (AvgIpc) is 2.16. The van der Waals surface area contributed by atoms with Gasteiger partial charge in [-0.25, -0.2) is 0 Å². The van der Waals surface area contributed by atoms with Gasteiger partial charge in [0.1, 0.15) is 11.5 Å². The first-order valence-electron chi connectivity index (χ1n) is 3.69. The molecule has 0 heterocycles. The van der Waals surface area contributed by atoms with Gasteiger partial charge in [-0.3, -0.25) is 0 Å². The van der Waals surface area contributed by atoms with Crippen LogP contribution in [0.15, 0.2) is 18.2 Å². The predicted octanol–water partition coefficient (Wildman–Crippen LogP) is 3.49. The molecular weight excluding hydrogens is 300 g/mol. The quantitative estimate of drug-likeness (QED) is 0.796. The van der Waals surface area contributed by atoms with Crippen molar-refractivity contribution in [3.05, 3.63) is 23.8 Å². The van der Waals surface area contributed by atoms with E-state index in [-0.39, 0.29) is 3.74 Å². The van der Waals surface area contributed by atoms with E-state index in [4.69, 9.17) is 9.47 Å². The van der Waals surface area contributed by atoms with Gasteiger partial charge in [-0.15, -0.1) is 0 Å². The summed E-state index contributed by atoms with van der Waals surface area (Å²) < 4.78 is 10.4. The fraction of sp³-hybridized carbons (Fsp3) is 0.333. The highest BCUT2D eigenvalue weighted by atomic mass is 79.9. The minimum atomic E-state index is 0.0980. The molecule has 0 bridgehead atoms. The van der Waals surface area contributed by atoms with Gasteiger partial charge in [0, 0.05) is 11.6 Å². The summed E-state index contributed by atoms with van der Waals surface area (Å²) in [7, 11) is 3.27. The van der Waals surface area contributed by atoms with Crippen LogP contribution < -0.4 is 9.47 Å². The fourth-order valence-corrected chi connectivity index (χ4v) is 1.76. The molecule has 1 rings (SSSR count). The Morgan fingerprint density at radius 3 is 2.31 bits per heavy atom. The van der Waals surface area contributed by atoms with E-state index in [9.17, 15) is 0 Å². The van der Waals surface area contributed by atoms with Crippen LogP contribution in [0.5, 0.6) is 11.5 Å². The molecular formula is C9H10Br2O2. The van der Waals surface area contributed by atoms with Gasteiger partial charge < -0.3 is 9.47 Å². The zero-order valence-corrected chi connectivity index (χ0v) is 10.6. The number of ether oxygens (including phenoxy) is 2. The molecule has 0 radical (unpaired) electrons. The number of hydrogen-bond donors (Lipinski definition) is 0. The van der Waals surface area contributed by atoms with E-state index in [2.05, 4.69) is 31.9 Å². The van der Waals surface area contributed by atoms with E-state index in [1.807, 2.05) is 18.2 Å². The lowest BCUT2D eigenvalue weighted by Crippen LogP contribution is -1.92. The maximum atomic E-state index is 5.21. The van der Waals surface area contributed by atoms with Crippen LogP contribution in [-0.2, 0) is 0 Å². The lowest BCUT2D eigenvalue weighted by Gasteiger charge is -2.10. The van der Waals surface area contributed by atoms with Crippen molar-refractivity contribution in [3.8, 4) is 11.5 Å². The molecule has 1 aromatic carbocycles. The summed E-state index contributed by atoms with van der Waals surface area (Å²) in [6, 6.07) is 5.70. The second-order valence-corrected chi connectivity index (χ2v) is 5.47. The molecule has 4 heteroatoms. The normalized spacial score (nSPS) is 10.2. The molecule has 0 amide bonds. The fourth-order valence-electron chi connectivity index (χ4n) is 0.999. The zero-order valence-electron chi connectivity index (χ0n) is 7.38. The third kappa shape index (κ3) is 2.61. The smallest absolute Gasteiger partial charge is 0.127 e. The summed E-state index contributed by atoms with van der Waals surface area (Å²) in [5.74, 6) is 1.60. The van der Waals surface area contributed by atoms with Gasteiger partial charge in [0.2, 0.25) is 0 Å². The summed E-state index contributed by atoms with van der Waals surface area (Å²) in [6.45, 7) is 0. The van der Waals surface area contributed by atoms with Crippen LogP contribution in [0.3, 0.4) is 0 Å². The largest absolute Gasteiger partial charge is 0.497 e. The molecule has 0 fully saturated rings. The van der Waals surface area contributed by atoms with Crippen LogP contribution >= 0.6 is 31.9 Å². The predicted molar refractivity (Wildman–Crippen MR) is 60.1 cm³/mol. The molecule has 0 saturated heterocycles. The first-order chi connectivity index (χ1) is 6.19. The van der Waals surface area contributed by atoms with E-state index in [0.29, 0.717) is 0 Å². The van der Waals surface area contributed by atoms with Crippen molar-refractivity contribution in [2.45, 2.75) is 3.74 Å². The molecule has 0 aliphatic rings. The summed E-state index contributed by atoms with van der Waals surface area (Å²) in [4.78, 5) is 0. The van der Waals surface area contributed by atoms with Crippen LogP contribution in [-0.4, -0.2) is 14.2 Å². The molecule has 72 valence electrons. The van der Waals surface area contributed by atoms with Crippen molar-refractivity contribution >= 4 is 31.9 Å². The number of alkyl halides is 2. The lowest BCUT2D eigenvalue weighted by atomic mass is 10.2. The number of hydrogen-bond acceptors (Lipinski definition) is 2. The van der Waals surface area contributed by atoms with Crippen LogP contribution in [0.2, 0.25) is 0 Å². The third-order valence-corrected chi connectivity index (χ3v) is 2.66. The van der Waals surface area contributed by atoms with E-state index in [1.54, 1.807) is 14.2 Å². The number of rotatable bonds is 3. The average molecular weight is 310 g/mol. The third-order valence-electron chi connectivity index (χ3n) is 1.68. The molecule has 13 heavy (non-hydrogen) atoms. The molecule has 0 saturated carbocycles. The molecule has 0 spiro atoms. The Balaban J connectivity index is 3.08. The molecule has 0 unspecified atom stereocenters. The van der Waals surface area contributed by atoms with Gasteiger partial charge in [0.05, 0.1) is 18.0 Å². The number of methoxy groups -OCH3 is 2. The summed E-state index contributed by atoms with van der Waals surface area (Å²) in [5.41, 5.74) is 1.04. The Kier molecular flexibility index (Phi) is 4.06. The Labute approximate surface area is 94.5 Å². The molecule has 0 aliphatic carbocycles. The van der Waals surface area contributed by atoms with E-state index >= 15 is 0 Å². The second kappa shape index (κ2) is 4.86. The minimum Gasteiger partial charge on any atom is -0.497 e. The lowest BCUT2D eigenvalue weighted by molar-refractivity contribution is 0.392. The zero-order chi connectivity index (χ0) is 9.84. The van der Waals surface area contributed by atoms with Gasteiger partial charge in [-0.2, -0.15) is 0 Å². The van der Waals surface area contributed by atoms with Crippen LogP contribution in [0.25, 0.3) is 0 Å². The van der Waals surface area contributed by atoms with E-state index in [0.717, 1.165) is 17.1 Å². The van der Waals surface area contributed by atoms with Gasteiger partial charge in [-0.05, 0) is 12.1 Å². The van der Waals surface area contributed by atoms with E-state index in [1.165, 1.54) is 0 Å². The topological polar surface area (TPSA) is 18.5 Å². The van der Waals surface area contributed by atoms with Crippen molar-refractivity contribution in [2.75, 3.05) is 14.2 Å². The first kappa shape index (κ1) is 10.9. The standard InChI is InChI=1S/C9H10Br2O2/c1-12-6-3-4-7(9(10)11)8(5-6)13-2/h3-5,9H,1-2H3. The summed E-state index contributed by atoms with van der Waals surface area (Å²) >= 11 is 6.83. The minimum absolute atomic E-state index is 0.0980. The molecule has 0 aromatic heterocycles. The number of benzene rings is 1. The molecule has 0 atom stereocenters. The van der Waals surface area contributed by atoms with Gasteiger partial charge in [0.15, 0.2) is 0 Å². The van der Waals surface area contributed by atoms with Crippen molar-refractivity contribution in [2.24, 2.45) is 0 Å². The van der Waals surface area contributed by atoms with Crippen LogP contribution in [0.1, 0.15) is 9.30 Å². The van der Waals surface area contributed by atoms with Crippen molar-refractivity contribution in [1.29, 1.82) is 0 Å². The Morgan fingerprint density at radius 2 is 1.85 bits per heavy atom. The Hall–Kier alpha value is -0.220. The molecule has 2 nitrogen and oxygen atoms in total. The van der Waals surface area contributed by atoms with Crippen molar-refractivity contribution in [3.63, 3.8) is 0 Å². The Morgan fingerprint density at radius 1 is 1.15 bits per heavy atom. The molecule has 0 aliphatic heterocycles. The molecule has 0 N–H and O–H groups in total. The number of halogens is 2. The molecule has 1 aromatic rings. The summed E-state index contributed by atoms with van der Waals surface area (Å²) in [5, 5.41) is 0. The highest BCUT2D eigenvalue weighted by molar-refractivity contribution is 9.24. The maximum absolute atomic E-state index is 5.21. The second-order valence-electron chi connectivity index (χ2n) is 2.41. The SMILES string of the molecule is COc1ccc(C(Br)Br)c(OC)c1. The van der Waals surface area contributed by atoms with Crippen LogP contribution in [0, 0.1) is 0 Å².